The molecule has 144 valence electrons. The lowest BCUT2D eigenvalue weighted by molar-refractivity contribution is -0.134. The minimum atomic E-state index is 0.0128. The standard InChI is InChI=1S/C21H44O2Si/c1-4-6-8-10-12-14-17-21(3,19-16-20(22)23-24)18-15-13-11-9-7-5-2/h4-19H2,1-3,24H3. The topological polar surface area (TPSA) is 26.3 Å². The number of unbranched alkanes of at least 4 members (excludes halogenated alkanes) is 10. The second kappa shape index (κ2) is 16.2. The fourth-order valence-corrected chi connectivity index (χ4v) is 3.75. The van der Waals surface area contributed by atoms with Gasteiger partial charge in [0.15, 0.2) is 0 Å². The number of carbonyl (C=O) groups is 1. The Morgan fingerprint density at radius 1 is 0.750 bits per heavy atom. The van der Waals surface area contributed by atoms with E-state index in [2.05, 4.69) is 20.8 Å². The predicted octanol–water partition coefficient (Wildman–Crippen LogP) is 6.10. The first kappa shape index (κ1) is 23.7. The summed E-state index contributed by atoms with van der Waals surface area (Å²) in [5.74, 6) is 0.0128. The highest BCUT2D eigenvalue weighted by molar-refractivity contribution is 6.05. The highest BCUT2D eigenvalue weighted by Crippen LogP contribution is 2.36. The molecule has 0 heterocycles. The minimum Gasteiger partial charge on any atom is -0.529 e. The van der Waals surface area contributed by atoms with Gasteiger partial charge in [0.2, 0.25) is 10.5 Å². The summed E-state index contributed by atoms with van der Waals surface area (Å²) >= 11 is 0. The van der Waals surface area contributed by atoms with E-state index in [-0.39, 0.29) is 5.97 Å². The molecular formula is C21H44O2Si. The molecule has 24 heavy (non-hydrogen) atoms. The van der Waals surface area contributed by atoms with E-state index in [1.54, 1.807) is 0 Å². The molecular weight excluding hydrogens is 312 g/mol. The van der Waals surface area contributed by atoms with E-state index in [1.165, 1.54) is 89.9 Å². The van der Waals surface area contributed by atoms with Crippen molar-refractivity contribution in [3.05, 3.63) is 0 Å². The molecule has 0 aliphatic heterocycles. The summed E-state index contributed by atoms with van der Waals surface area (Å²) in [6.07, 6.45) is 20.5. The molecule has 0 radical (unpaired) electrons. The smallest absolute Gasteiger partial charge is 0.291 e. The molecule has 0 saturated heterocycles. The fourth-order valence-electron chi connectivity index (χ4n) is 3.55. The van der Waals surface area contributed by atoms with Gasteiger partial charge in [-0.05, 0) is 24.7 Å². The van der Waals surface area contributed by atoms with E-state index in [1.807, 2.05) is 0 Å². The van der Waals surface area contributed by atoms with Crippen LogP contribution in [0.15, 0.2) is 0 Å². The molecule has 0 aromatic carbocycles. The highest BCUT2D eigenvalue weighted by Gasteiger charge is 2.24. The number of hydrogen-bond donors (Lipinski definition) is 0. The van der Waals surface area contributed by atoms with Crippen molar-refractivity contribution in [1.29, 1.82) is 0 Å². The zero-order valence-electron chi connectivity index (χ0n) is 17.1. The molecule has 0 rings (SSSR count). The van der Waals surface area contributed by atoms with Gasteiger partial charge in [-0.25, -0.2) is 0 Å². The van der Waals surface area contributed by atoms with Crippen LogP contribution in [0, 0.1) is 5.41 Å². The normalized spacial score (nSPS) is 11.8. The van der Waals surface area contributed by atoms with Crippen molar-refractivity contribution < 1.29 is 9.22 Å². The zero-order valence-corrected chi connectivity index (χ0v) is 19.1. The molecule has 0 aliphatic rings. The quantitative estimate of drug-likeness (QED) is 0.232. The van der Waals surface area contributed by atoms with Crippen molar-refractivity contribution in [2.75, 3.05) is 0 Å². The van der Waals surface area contributed by atoms with Crippen LogP contribution in [0.5, 0.6) is 0 Å². The van der Waals surface area contributed by atoms with E-state index in [9.17, 15) is 4.79 Å². The molecule has 2 nitrogen and oxygen atoms in total. The summed E-state index contributed by atoms with van der Waals surface area (Å²) < 4.78 is 4.99. The lowest BCUT2D eigenvalue weighted by Crippen LogP contribution is -2.19. The molecule has 3 heteroatoms. The maximum atomic E-state index is 11.6. The van der Waals surface area contributed by atoms with Crippen molar-refractivity contribution in [1.82, 2.24) is 0 Å². The van der Waals surface area contributed by atoms with Gasteiger partial charge in [0.1, 0.15) is 0 Å². The fraction of sp³-hybridized carbons (Fsp3) is 0.952. The Labute approximate surface area is 155 Å². The summed E-state index contributed by atoms with van der Waals surface area (Å²) in [5, 5.41) is 0. The van der Waals surface area contributed by atoms with Crippen LogP contribution >= 0.6 is 0 Å². The molecule has 0 aromatic rings. The van der Waals surface area contributed by atoms with E-state index in [4.69, 9.17) is 4.43 Å². The van der Waals surface area contributed by atoms with Crippen LogP contribution in [0.4, 0.5) is 0 Å². The third kappa shape index (κ3) is 14.1. The van der Waals surface area contributed by atoms with Crippen molar-refractivity contribution in [3.8, 4) is 0 Å². The van der Waals surface area contributed by atoms with E-state index in [0.717, 1.165) is 6.42 Å². The molecule has 0 aliphatic carbocycles. The Kier molecular flexibility index (Phi) is 16.0. The Morgan fingerprint density at radius 3 is 1.58 bits per heavy atom. The van der Waals surface area contributed by atoms with Gasteiger partial charge in [-0.1, -0.05) is 97.8 Å². The van der Waals surface area contributed by atoms with Crippen LogP contribution < -0.4 is 0 Å². The van der Waals surface area contributed by atoms with Gasteiger partial charge in [-0.3, -0.25) is 4.79 Å². The summed E-state index contributed by atoms with van der Waals surface area (Å²) in [5.41, 5.74) is 0.339. The predicted molar refractivity (Wildman–Crippen MR) is 109 cm³/mol. The average molecular weight is 357 g/mol. The van der Waals surface area contributed by atoms with Gasteiger partial charge in [0.05, 0.1) is 0 Å². The van der Waals surface area contributed by atoms with E-state index < -0.39 is 0 Å². The van der Waals surface area contributed by atoms with Crippen molar-refractivity contribution in [2.24, 2.45) is 5.41 Å². The summed E-state index contributed by atoms with van der Waals surface area (Å²) in [4.78, 5) is 11.6. The number of rotatable bonds is 17. The van der Waals surface area contributed by atoms with Gasteiger partial charge in [-0.15, -0.1) is 0 Å². The maximum Gasteiger partial charge on any atom is 0.291 e. The average Bonchev–Trinajstić information content (AvgIpc) is 2.59. The van der Waals surface area contributed by atoms with Gasteiger partial charge in [0.25, 0.3) is 5.97 Å². The molecule has 0 unspecified atom stereocenters. The summed E-state index contributed by atoms with van der Waals surface area (Å²) in [6, 6.07) is 0. The molecule has 0 amide bonds. The molecule has 0 bridgehead atoms. The third-order valence-corrected chi connectivity index (χ3v) is 5.88. The second-order valence-corrected chi connectivity index (χ2v) is 8.33. The van der Waals surface area contributed by atoms with Crippen LogP contribution in [0.3, 0.4) is 0 Å². The molecule has 0 fully saturated rings. The monoisotopic (exact) mass is 356 g/mol. The molecule has 0 saturated carbocycles. The Balaban J connectivity index is 4.10. The first-order valence-corrected chi connectivity index (χ1v) is 11.5. The van der Waals surface area contributed by atoms with Gasteiger partial charge in [-0.2, -0.15) is 0 Å². The summed E-state index contributed by atoms with van der Waals surface area (Å²) in [6.45, 7) is 6.95. The lowest BCUT2D eigenvalue weighted by Gasteiger charge is -2.30. The van der Waals surface area contributed by atoms with E-state index in [0.29, 0.717) is 22.3 Å². The van der Waals surface area contributed by atoms with Crippen molar-refractivity contribution in [3.63, 3.8) is 0 Å². The van der Waals surface area contributed by atoms with Crippen LogP contribution in [-0.4, -0.2) is 16.5 Å². The van der Waals surface area contributed by atoms with Crippen LogP contribution in [0.1, 0.15) is 124 Å². The van der Waals surface area contributed by atoms with E-state index >= 15 is 0 Å². The first-order chi connectivity index (χ1) is 11.6. The highest BCUT2D eigenvalue weighted by atomic mass is 28.2. The van der Waals surface area contributed by atoms with Crippen LogP contribution in [0.25, 0.3) is 0 Å². The second-order valence-electron chi connectivity index (χ2n) is 7.92. The Bertz CT molecular complexity index is 276. The SMILES string of the molecule is CCCCCCCCC(C)(CCCCCCCC)CCC(=O)O[SiH3]. The van der Waals surface area contributed by atoms with Gasteiger partial charge >= 0.3 is 0 Å². The van der Waals surface area contributed by atoms with Crippen LogP contribution in [0.2, 0.25) is 0 Å². The molecule has 0 spiro atoms. The minimum absolute atomic E-state index is 0.0128. The maximum absolute atomic E-state index is 11.6. The largest absolute Gasteiger partial charge is 0.529 e. The Morgan fingerprint density at radius 2 is 1.17 bits per heavy atom. The van der Waals surface area contributed by atoms with Crippen molar-refractivity contribution >= 4 is 16.5 Å². The molecule has 0 atom stereocenters. The lowest BCUT2D eigenvalue weighted by atomic mass is 9.76. The molecule has 0 aromatic heterocycles. The van der Waals surface area contributed by atoms with Crippen molar-refractivity contribution in [2.45, 2.75) is 124 Å². The number of hydrogen-bond acceptors (Lipinski definition) is 2. The van der Waals surface area contributed by atoms with Gasteiger partial charge < -0.3 is 4.43 Å². The Hall–Kier alpha value is -0.313. The van der Waals surface area contributed by atoms with Gasteiger partial charge in [0, 0.05) is 6.42 Å². The zero-order chi connectivity index (χ0) is 18.1. The molecule has 0 N–H and O–H groups in total. The first-order valence-electron chi connectivity index (χ1n) is 10.6. The summed E-state index contributed by atoms with van der Waals surface area (Å²) in [7, 11) is 0.533. The number of carbonyl (C=O) groups excluding carboxylic acids is 1. The third-order valence-electron chi connectivity index (χ3n) is 5.43. The van der Waals surface area contributed by atoms with Crippen LogP contribution in [-0.2, 0) is 9.22 Å².